The molecule has 112 valence electrons. The maximum atomic E-state index is 11.8. The summed E-state index contributed by atoms with van der Waals surface area (Å²) in [5.41, 5.74) is 0.906. The molecule has 7 heteroatoms. The summed E-state index contributed by atoms with van der Waals surface area (Å²) in [5.74, 6) is 2.27. The van der Waals surface area contributed by atoms with Crippen LogP contribution >= 0.6 is 11.8 Å². The van der Waals surface area contributed by atoms with Gasteiger partial charge in [0, 0.05) is 17.7 Å². The van der Waals surface area contributed by atoms with Gasteiger partial charge in [-0.15, -0.1) is 0 Å². The maximum Gasteiger partial charge on any atom is 0.236 e. The Kier molecular flexibility index (Phi) is 4.95. The van der Waals surface area contributed by atoms with Gasteiger partial charge in [0.1, 0.15) is 16.6 Å². The molecule has 0 aliphatic heterocycles. The molecule has 6 nitrogen and oxygen atoms in total. The molecule has 0 spiro atoms. The average Bonchev–Trinajstić information content (AvgIpc) is 2.81. The van der Waals surface area contributed by atoms with Crippen LogP contribution in [0.5, 0.6) is 0 Å². The van der Waals surface area contributed by atoms with Crippen LogP contribution in [0, 0.1) is 13.8 Å². The van der Waals surface area contributed by atoms with Gasteiger partial charge in [-0.25, -0.2) is 9.97 Å². The van der Waals surface area contributed by atoms with Crippen molar-refractivity contribution in [1.82, 2.24) is 15.1 Å². The fourth-order valence-corrected chi connectivity index (χ4v) is 2.40. The van der Waals surface area contributed by atoms with Crippen LogP contribution in [0.25, 0.3) is 0 Å². The average molecular weight is 306 g/mol. The summed E-state index contributed by atoms with van der Waals surface area (Å²) in [5, 5.41) is 7.20. The summed E-state index contributed by atoms with van der Waals surface area (Å²) in [6.07, 6.45) is 0. The van der Waals surface area contributed by atoms with E-state index in [4.69, 9.17) is 4.52 Å². The van der Waals surface area contributed by atoms with Crippen LogP contribution in [-0.4, -0.2) is 26.8 Å². The number of hydrogen-bond donors (Lipinski definition) is 1. The van der Waals surface area contributed by atoms with Crippen LogP contribution in [0.2, 0.25) is 0 Å². The number of aryl methyl sites for hydroxylation is 2. The zero-order valence-corrected chi connectivity index (χ0v) is 13.3. The summed E-state index contributed by atoms with van der Waals surface area (Å²) in [6.45, 7) is 7.79. The van der Waals surface area contributed by atoms with Crippen molar-refractivity contribution in [2.75, 3.05) is 11.1 Å². The Hall–Kier alpha value is -1.89. The van der Waals surface area contributed by atoms with Gasteiger partial charge in [0.2, 0.25) is 5.91 Å². The first-order valence-electron chi connectivity index (χ1n) is 6.65. The summed E-state index contributed by atoms with van der Waals surface area (Å²) < 4.78 is 4.89. The lowest BCUT2D eigenvalue weighted by Gasteiger charge is -2.07. The Bertz CT molecular complexity index is 640. The molecule has 0 aliphatic rings. The van der Waals surface area contributed by atoms with Crippen LogP contribution in [0.15, 0.2) is 21.7 Å². The van der Waals surface area contributed by atoms with Crippen molar-refractivity contribution in [1.29, 1.82) is 0 Å². The molecule has 1 amide bonds. The van der Waals surface area contributed by atoms with Crippen LogP contribution < -0.4 is 5.32 Å². The van der Waals surface area contributed by atoms with Gasteiger partial charge in [0.25, 0.3) is 0 Å². The second-order valence-corrected chi connectivity index (χ2v) is 6.02. The number of carbonyl (C=O) groups excluding carboxylic acids is 1. The SMILES string of the molecule is Cc1cc(SCC(=O)Nc2cc(C)on2)nc(C(C)C)n1. The zero-order chi connectivity index (χ0) is 15.4. The Balaban J connectivity index is 1.94. The number of hydrogen-bond acceptors (Lipinski definition) is 6. The third-order valence-electron chi connectivity index (χ3n) is 2.61. The van der Waals surface area contributed by atoms with Gasteiger partial charge < -0.3 is 9.84 Å². The molecule has 2 heterocycles. The third-order valence-corrected chi connectivity index (χ3v) is 3.52. The lowest BCUT2D eigenvalue weighted by molar-refractivity contribution is -0.113. The number of carbonyl (C=O) groups is 1. The van der Waals surface area contributed by atoms with E-state index < -0.39 is 0 Å². The third kappa shape index (κ3) is 4.56. The summed E-state index contributed by atoms with van der Waals surface area (Å²) in [4.78, 5) is 20.7. The monoisotopic (exact) mass is 306 g/mol. The predicted molar refractivity (Wildman–Crippen MR) is 81.5 cm³/mol. The minimum absolute atomic E-state index is 0.143. The number of anilines is 1. The van der Waals surface area contributed by atoms with Gasteiger partial charge in [0.05, 0.1) is 5.75 Å². The fourth-order valence-electron chi connectivity index (χ4n) is 1.64. The number of rotatable bonds is 5. The lowest BCUT2D eigenvalue weighted by atomic mass is 10.2. The second-order valence-electron chi connectivity index (χ2n) is 5.02. The molecule has 0 unspecified atom stereocenters. The molecule has 0 aromatic carbocycles. The Morgan fingerprint density at radius 2 is 2.10 bits per heavy atom. The molecule has 2 aromatic rings. The highest BCUT2D eigenvalue weighted by atomic mass is 32.2. The van der Waals surface area contributed by atoms with E-state index in [0.29, 0.717) is 11.6 Å². The van der Waals surface area contributed by atoms with Gasteiger partial charge in [-0.05, 0) is 19.9 Å². The number of amides is 1. The van der Waals surface area contributed by atoms with Crippen LogP contribution in [0.3, 0.4) is 0 Å². The smallest absolute Gasteiger partial charge is 0.236 e. The van der Waals surface area contributed by atoms with E-state index in [9.17, 15) is 4.79 Å². The molecule has 0 radical (unpaired) electrons. The van der Waals surface area contributed by atoms with Crippen molar-refractivity contribution < 1.29 is 9.32 Å². The fraction of sp³-hybridized carbons (Fsp3) is 0.429. The Morgan fingerprint density at radius 3 is 2.71 bits per heavy atom. The van der Waals surface area contributed by atoms with E-state index in [2.05, 4.69) is 20.4 Å². The number of aromatic nitrogens is 3. The van der Waals surface area contributed by atoms with E-state index in [1.165, 1.54) is 11.8 Å². The Morgan fingerprint density at radius 1 is 1.33 bits per heavy atom. The molecule has 0 saturated heterocycles. The molecule has 0 atom stereocenters. The van der Waals surface area contributed by atoms with Crippen molar-refractivity contribution in [3.05, 3.63) is 29.4 Å². The largest absolute Gasteiger partial charge is 0.360 e. The topological polar surface area (TPSA) is 80.9 Å². The molecule has 0 bridgehead atoms. The van der Waals surface area contributed by atoms with Crippen molar-refractivity contribution >= 4 is 23.5 Å². The highest BCUT2D eigenvalue weighted by molar-refractivity contribution is 7.99. The summed E-state index contributed by atoms with van der Waals surface area (Å²) in [6, 6.07) is 3.55. The zero-order valence-electron chi connectivity index (χ0n) is 12.5. The lowest BCUT2D eigenvalue weighted by Crippen LogP contribution is -2.14. The van der Waals surface area contributed by atoms with Crippen molar-refractivity contribution in [2.45, 2.75) is 38.6 Å². The Labute approximate surface area is 127 Å². The highest BCUT2D eigenvalue weighted by Crippen LogP contribution is 2.19. The van der Waals surface area contributed by atoms with Crippen molar-refractivity contribution in [3.8, 4) is 0 Å². The maximum absolute atomic E-state index is 11.8. The molecular formula is C14H18N4O2S. The molecule has 2 rings (SSSR count). The number of nitrogens with one attached hydrogen (secondary N) is 1. The molecule has 2 aromatic heterocycles. The normalized spacial score (nSPS) is 10.9. The van der Waals surface area contributed by atoms with E-state index in [-0.39, 0.29) is 17.6 Å². The minimum atomic E-state index is -0.143. The quantitative estimate of drug-likeness (QED) is 0.675. The molecule has 21 heavy (non-hydrogen) atoms. The molecule has 0 fully saturated rings. The first-order chi connectivity index (χ1) is 9.94. The molecule has 0 aliphatic carbocycles. The first-order valence-corrected chi connectivity index (χ1v) is 7.64. The minimum Gasteiger partial charge on any atom is -0.360 e. The van der Waals surface area contributed by atoms with Crippen LogP contribution in [-0.2, 0) is 4.79 Å². The standard InChI is InChI=1S/C14H18N4O2S/c1-8(2)14-15-9(3)5-13(17-14)21-7-12(19)16-11-6-10(4)20-18-11/h5-6,8H,7H2,1-4H3,(H,16,18,19). The van der Waals surface area contributed by atoms with E-state index >= 15 is 0 Å². The van der Waals surface area contributed by atoms with Gasteiger partial charge in [-0.2, -0.15) is 0 Å². The van der Waals surface area contributed by atoms with E-state index in [1.54, 1.807) is 13.0 Å². The number of thioether (sulfide) groups is 1. The van der Waals surface area contributed by atoms with Gasteiger partial charge in [-0.1, -0.05) is 30.8 Å². The van der Waals surface area contributed by atoms with Crippen LogP contribution in [0.4, 0.5) is 5.82 Å². The summed E-state index contributed by atoms with van der Waals surface area (Å²) >= 11 is 1.38. The highest BCUT2D eigenvalue weighted by Gasteiger charge is 2.10. The van der Waals surface area contributed by atoms with E-state index in [1.807, 2.05) is 26.8 Å². The van der Waals surface area contributed by atoms with E-state index in [0.717, 1.165) is 16.5 Å². The summed E-state index contributed by atoms with van der Waals surface area (Å²) in [7, 11) is 0. The molecule has 0 saturated carbocycles. The van der Waals surface area contributed by atoms with Crippen molar-refractivity contribution in [2.24, 2.45) is 0 Å². The van der Waals surface area contributed by atoms with Crippen molar-refractivity contribution in [3.63, 3.8) is 0 Å². The predicted octanol–water partition coefficient (Wildman–Crippen LogP) is 2.94. The molecular weight excluding hydrogens is 288 g/mol. The first kappa shape index (κ1) is 15.5. The van der Waals surface area contributed by atoms with Crippen LogP contribution in [0.1, 0.15) is 37.0 Å². The second kappa shape index (κ2) is 6.71. The molecule has 1 N–H and O–H groups in total. The number of nitrogens with zero attached hydrogens (tertiary/aromatic N) is 3. The van der Waals surface area contributed by atoms with Gasteiger partial charge in [-0.3, -0.25) is 4.79 Å². The van der Waals surface area contributed by atoms with Gasteiger partial charge in [0.15, 0.2) is 5.82 Å². The van der Waals surface area contributed by atoms with Gasteiger partial charge >= 0.3 is 0 Å².